The van der Waals surface area contributed by atoms with Gasteiger partial charge in [-0.15, -0.1) is 0 Å². The van der Waals surface area contributed by atoms with Crippen LogP contribution in [0.5, 0.6) is 0 Å². The summed E-state index contributed by atoms with van der Waals surface area (Å²) in [6.07, 6.45) is 8.44. The van der Waals surface area contributed by atoms with Crippen molar-refractivity contribution in [3.05, 3.63) is 24.3 Å². The van der Waals surface area contributed by atoms with Gasteiger partial charge in [-0.1, -0.05) is 24.3 Å². The van der Waals surface area contributed by atoms with Crippen LogP contribution in [-0.4, -0.2) is 12.6 Å². The molecule has 1 aliphatic carbocycles. The monoisotopic (exact) mass is 152 g/mol. The molecule has 0 N–H and O–H groups in total. The first-order valence-corrected chi connectivity index (χ1v) is 3.84. The van der Waals surface area contributed by atoms with Crippen LogP contribution in [0.4, 0.5) is 0 Å². The summed E-state index contributed by atoms with van der Waals surface area (Å²) < 4.78 is 4.86. The van der Waals surface area contributed by atoms with Gasteiger partial charge in [-0.2, -0.15) is 0 Å². The number of ether oxygens (including phenoxy) is 1. The highest BCUT2D eigenvalue weighted by molar-refractivity contribution is 5.75. The lowest BCUT2D eigenvalue weighted by molar-refractivity contribution is -0.146. The minimum Gasteiger partial charge on any atom is -0.466 e. The molecule has 0 radical (unpaired) electrons. The number of hydrogen-bond acceptors (Lipinski definition) is 2. The van der Waals surface area contributed by atoms with Crippen molar-refractivity contribution in [1.82, 2.24) is 0 Å². The lowest BCUT2D eigenvalue weighted by atomic mass is 10.0. The maximum absolute atomic E-state index is 11.1. The third kappa shape index (κ3) is 2.22. The molecule has 1 rings (SSSR count). The second-order valence-electron chi connectivity index (χ2n) is 2.41. The molecule has 0 unspecified atom stereocenters. The van der Waals surface area contributed by atoms with Gasteiger partial charge in [-0.3, -0.25) is 4.79 Å². The van der Waals surface area contributed by atoms with E-state index in [0.29, 0.717) is 6.61 Å². The lowest BCUT2D eigenvalue weighted by Crippen LogP contribution is -2.15. The van der Waals surface area contributed by atoms with E-state index < -0.39 is 0 Å². The smallest absolute Gasteiger partial charge is 0.313 e. The average Bonchev–Trinajstić information content (AvgIpc) is 2.07. The molecule has 1 aliphatic rings. The van der Waals surface area contributed by atoms with E-state index in [-0.39, 0.29) is 11.9 Å². The Kier molecular flexibility index (Phi) is 2.90. The maximum atomic E-state index is 11.1. The van der Waals surface area contributed by atoms with Crippen LogP contribution in [0.1, 0.15) is 13.3 Å². The fourth-order valence-electron chi connectivity index (χ4n) is 1.00. The molecular weight excluding hydrogens is 140 g/mol. The highest BCUT2D eigenvalue weighted by atomic mass is 16.5. The van der Waals surface area contributed by atoms with E-state index >= 15 is 0 Å². The Bertz CT molecular complexity index is 192. The van der Waals surface area contributed by atoms with Gasteiger partial charge in [0, 0.05) is 0 Å². The number of carbonyl (C=O) groups excluding carboxylic acids is 1. The van der Waals surface area contributed by atoms with Crippen LogP contribution in [0.25, 0.3) is 0 Å². The Morgan fingerprint density at radius 2 is 2.45 bits per heavy atom. The summed E-state index contributed by atoms with van der Waals surface area (Å²) in [7, 11) is 0. The number of carbonyl (C=O) groups is 1. The van der Waals surface area contributed by atoms with Crippen LogP contribution < -0.4 is 0 Å². The Morgan fingerprint density at radius 1 is 1.64 bits per heavy atom. The molecule has 0 fully saturated rings. The van der Waals surface area contributed by atoms with Crippen molar-refractivity contribution in [2.45, 2.75) is 13.3 Å². The van der Waals surface area contributed by atoms with E-state index in [4.69, 9.17) is 4.74 Å². The molecule has 60 valence electrons. The average molecular weight is 152 g/mol. The molecule has 0 spiro atoms. The summed E-state index contributed by atoms with van der Waals surface area (Å²) in [5.74, 6) is -0.173. The van der Waals surface area contributed by atoms with Crippen LogP contribution in [0.2, 0.25) is 0 Å². The molecule has 2 heteroatoms. The lowest BCUT2D eigenvalue weighted by Gasteiger charge is -2.10. The molecule has 1 atom stereocenters. The minimum atomic E-state index is -0.117. The molecule has 0 aromatic carbocycles. The second-order valence-corrected chi connectivity index (χ2v) is 2.41. The van der Waals surface area contributed by atoms with E-state index in [0.717, 1.165) is 6.42 Å². The van der Waals surface area contributed by atoms with E-state index in [9.17, 15) is 4.79 Å². The number of hydrogen-bond donors (Lipinski definition) is 0. The van der Waals surface area contributed by atoms with Crippen molar-refractivity contribution in [1.29, 1.82) is 0 Å². The Labute approximate surface area is 66.5 Å². The largest absolute Gasteiger partial charge is 0.466 e. The second kappa shape index (κ2) is 3.96. The van der Waals surface area contributed by atoms with Crippen molar-refractivity contribution < 1.29 is 9.53 Å². The number of esters is 1. The van der Waals surface area contributed by atoms with Crippen molar-refractivity contribution in [3.63, 3.8) is 0 Å². The Morgan fingerprint density at radius 3 is 3.00 bits per heavy atom. The molecule has 0 aliphatic heterocycles. The summed E-state index contributed by atoms with van der Waals surface area (Å²) in [5, 5.41) is 0. The summed E-state index contributed by atoms with van der Waals surface area (Å²) in [5.41, 5.74) is 0. The van der Waals surface area contributed by atoms with Gasteiger partial charge >= 0.3 is 5.97 Å². The quantitative estimate of drug-likeness (QED) is 0.563. The molecule has 0 saturated heterocycles. The summed E-state index contributed by atoms with van der Waals surface area (Å²) in [6.45, 7) is 2.28. The first kappa shape index (κ1) is 8.05. The van der Waals surface area contributed by atoms with Crippen LogP contribution in [0, 0.1) is 5.92 Å². The SMILES string of the molecule is CCOC(=O)[C@H]1C=CC=CC1. The van der Waals surface area contributed by atoms with Crippen LogP contribution in [0.3, 0.4) is 0 Å². The fraction of sp³-hybridized carbons (Fsp3) is 0.444. The maximum Gasteiger partial charge on any atom is 0.313 e. The zero-order valence-electron chi connectivity index (χ0n) is 6.62. The normalized spacial score (nSPS) is 21.7. The zero-order chi connectivity index (χ0) is 8.10. The molecule has 0 aromatic heterocycles. The van der Waals surface area contributed by atoms with E-state index in [1.807, 2.05) is 31.2 Å². The van der Waals surface area contributed by atoms with E-state index in [1.54, 1.807) is 0 Å². The summed E-state index contributed by atoms with van der Waals surface area (Å²) in [4.78, 5) is 11.1. The summed E-state index contributed by atoms with van der Waals surface area (Å²) in [6, 6.07) is 0. The molecule has 0 heterocycles. The van der Waals surface area contributed by atoms with E-state index in [2.05, 4.69) is 0 Å². The third-order valence-electron chi connectivity index (χ3n) is 1.57. The first-order valence-electron chi connectivity index (χ1n) is 3.84. The van der Waals surface area contributed by atoms with Gasteiger partial charge in [0.05, 0.1) is 12.5 Å². The predicted octanol–water partition coefficient (Wildman–Crippen LogP) is 1.68. The molecule has 0 aromatic rings. The van der Waals surface area contributed by atoms with Crippen molar-refractivity contribution in [3.8, 4) is 0 Å². The number of allylic oxidation sites excluding steroid dienone is 3. The zero-order valence-corrected chi connectivity index (χ0v) is 6.62. The van der Waals surface area contributed by atoms with Gasteiger partial charge in [-0.05, 0) is 13.3 Å². The van der Waals surface area contributed by atoms with Gasteiger partial charge in [0.2, 0.25) is 0 Å². The third-order valence-corrected chi connectivity index (χ3v) is 1.57. The van der Waals surface area contributed by atoms with Crippen LogP contribution in [-0.2, 0) is 9.53 Å². The molecule has 2 nitrogen and oxygen atoms in total. The highest BCUT2D eigenvalue weighted by Gasteiger charge is 2.15. The Hall–Kier alpha value is -1.05. The molecule has 0 saturated carbocycles. The molecule has 11 heavy (non-hydrogen) atoms. The van der Waals surface area contributed by atoms with Gasteiger partial charge in [0.25, 0.3) is 0 Å². The van der Waals surface area contributed by atoms with Crippen molar-refractivity contribution in [2.75, 3.05) is 6.61 Å². The van der Waals surface area contributed by atoms with Crippen molar-refractivity contribution in [2.24, 2.45) is 5.92 Å². The van der Waals surface area contributed by atoms with E-state index in [1.165, 1.54) is 0 Å². The van der Waals surface area contributed by atoms with Gasteiger partial charge in [-0.25, -0.2) is 0 Å². The topological polar surface area (TPSA) is 26.3 Å². The number of rotatable bonds is 2. The minimum absolute atomic E-state index is 0.0556. The standard InChI is InChI=1S/C9H12O2/c1-2-11-9(10)8-6-4-3-5-7-8/h3-6,8H,2,7H2,1H3/t8-/m0/s1. The molecule has 0 bridgehead atoms. The van der Waals surface area contributed by atoms with Gasteiger partial charge < -0.3 is 4.74 Å². The molecular formula is C9H12O2. The molecule has 0 amide bonds. The fourth-order valence-corrected chi connectivity index (χ4v) is 1.00. The van der Waals surface area contributed by atoms with Crippen LogP contribution >= 0.6 is 0 Å². The summed E-state index contributed by atoms with van der Waals surface area (Å²) >= 11 is 0. The van der Waals surface area contributed by atoms with Gasteiger partial charge in [0.15, 0.2) is 0 Å². The highest BCUT2D eigenvalue weighted by Crippen LogP contribution is 2.12. The Balaban J connectivity index is 2.42. The van der Waals surface area contributed by atoms with Gasteiger partial charge in [0.1, 0.15) is 0 Å². The van der Waals surface area contributed by atoms with Crippen LogP contribution in [0.15, 0.2) is 24.3 Å². The van der Waals surface area contributed by atoms with Crippen molar-refractivity contribution >= 4 is 5.97 Å². The first-order chi connectivity index (χ1) is 5.34. The predicted molar refractivity (Wildman–Crippen MR) is 43.0 cm³/mol.